The lowest BCUT2D eigenvalue weighted by molar-refractivity contribution is 0.468. The molecule has 0 radical (unpaired) electrons. The SMILES string of the molecule is O=P1(N/N=C\c2ccc(Cl)cc2Cl)C=C(c2ccccc2)OC(c2ccccc2)=C1. The lowest BCUT2D eigenvalue weighted by Gasteiger charge is -2.22. The summed E-state index contributed by atoms with van der Waals surface area (Å²) in [5, 5.41) is 7.95. The first kappa shape index (κ1) is 20.5. The summed E-state index contributed by atoms with van der Waals surface area (Å²) >= 11 is 12.1. The number of hydrazone groups is 1. The molecule has 7 heteroatoms. The van der Waals surface area contributed by atoms with Crippen LogP contribution in [0.1, 0.15) is 16.7 Å². The molecular weight excluding hydrogens is 438 g/mol. The van der Waals surface area contributed by atoms with Crippen molar-refractivity contribution in [2.45, 2.75) is 0 Å². The van der Waals surface area contributed by atoms with Gasteiger partial charge in [0.15, 0.2) is 0 Å². The van der Waals surface area contributed by atoms with Crippen molar-refractivity contribution < 1.29 is 9.30 Å². The van der Waals surface area contributed by atoms with Crippen molar-refractivity contribution in [1.82, 2.24) is 5.20 Å². The van der Waals surface area contributed by atoms with E-state index in [4.69, 9.17) is 27.9 Å². The summed E-state index contributed by atoms with van der Waals surface area (Å²) in [6.07, 6.45) is 1.51. The van der Waals surface area contributed by atoms with Crippen LogP contribution < -0.4 is 5.20 Å². The number of benzene rings is 3. The number of rotatable bonds is 5. The third kappa shape index (κ3) is 4.85. The van der Waals surface area contributed by atoms with Gasteiger partial charge in [0.2, 0.25) is 7.29 Å². The summed E-state index contributed by atoms with van der Waals surface area (Å²) in [5.41, 5.74) is 2.31. The van der Waals surface area contributed by atoms with Gasteiger partial charge in [-0.25, -0.2) is 0 Å². The van der Waals surface area contributed by atoms with E-state index in [1.807, 2.05) is 60.7 Å². The Kier molecular flexibility index (Phi) is 6.10. The van der Waals surface area contributed by atoms with Crippen LogP contribution in [-0.4, -0.2) is 6.21 Å². The predicted octanol–water partition coefficient (Wildman–Crippen LogP) is 7.22. The summed E-state index contributed by atoms with van der Waals surface area (Å²) in [4.78, 5) is 0. The normalized spacial score (nSPS) is 15.3. The van der Waals surface area contributed by atoms with Gasteiger partial charge in [0.1, 0.15) is 11.5 Å². The van der Waals surface area contributed by atoms with Gasteiger partial charge in [0.05, 0.1) is 11.2 Å². The molecular formula is C23H17Cl2N2O2P. The van der Waals surface area contributed by atoms with Crippen LogP contribution in [0.3, 0.4) is 0 Å². The van der Waals surface area contributed by atoms with Gasteiger partial charge >= 0.3 is 0 Å². The van der Waals surface area contributed by atoms with Gasteiger partial charge in [0, 0.05) is 33.3 Å². The number of hydrogen-bond acceptors (Lipinski definition) is 3. The number of halogens is 2. The predicted molar refractivity (Wildman–Crippen MR) is 125 cm³/mol. The molecule has 0 aromatic heterocycles. The molecule has 4 nitrogen and oxygen atoms in total. The van der Waals surface area contributed by atoms with Gasteiger partial charge in [-0.2, -0.15) is 5.10 Å². The molecule has 4 rings (SSSR count). The number of nitrogens with one attached hydrogen (secondary N) is 1. The highest BCUT2D eigenvalue weighted by Crippen LogP contribution is 2.53. The van der Waals surface area contributed by atoms with Gasteiger partial charge in [-0.05, 0) is 12.1 Å². The van der Waals surface area contributed by atoms with Crippen LogP contribution in [-0.2, 0) is 9.30 Å². The molecule has 0 fully saturated rings. The van der Waals surface area contributed by atoms with Crippen molar-refractivity contribution in [2.24, 2.45) is 5.10 Å². The smallest absolute Gasteiger partial charge is 0.235 e. The highest BCUT2D eigenvalue weighted by atomic mass is 35.5. The molecule has 0 saturated carbocycles. The fourth-order valence-corrected chi connectivity index (χ4v) is 4.87. The Morgan fingerprint density at radius 3 is 1.93 bits per heavy atom. The molecule has 0 aliphatic carbocycles. The van der Waals surface area contributed by atoms with Crippen molar-refractivity contribution in [3.8, 4) is 0 Å². The molecule has 1 heterocycles. The topological polar surface area (TPSA) is 50.7 Å². The first-order valence-corrected chi connectivity index (χ1v) is 11.7. The van der Waals surface area contributed by atoms with Crippen molar-refractivity contribution in [2.75, 3.05) is 0 Å². The van der Waals surface area contributed by atoms with Gasteiger partial charge in [-0.3, -0.25) is 9.76 Å². The average Bonchev–Trinajstić information content (AvgIpc) is 2.76. The minimum atomic E-state index is -3.18. The Hall–Kier alpha value is -2.78. The monoisotopic (exact) mass is 454 g/mol. The quantitative estimate of drug-likeness (QED) is 0.251. The van der Waals surface area contributed by atoms with Gasteiger partial charge < -0.3 is 4.74 Å². The van der Waals surface area contributed by atoms with Crippen LogP contribution >= 0.6 is 30.5 Å². The second-order valence-electron chi connectivity index (χ2n) is 6.55. The van der Waals surface area contributed by atoms with Gasteiger partial charge in [-0.15, -0.1) is 0 Å². The average molecular weight is 455 g/mol. The summed E-state index contributed by atoms with van der Waals surface area (Å²) in [5.74, 6) is 4.17. The molecule has 0 amide bonds. The first-order valence-electron chi connectivity index (χ1n) is 9.12. The zero-order valence-electron chi connectivity index (χ0n) is 15.7. The van der Waals surface area contributed by atoms with Crippen molar-refractivity contribution >= 4 is 48.2 Å². The second kappa shape index (κ2) is 8.93. The third-order valence-corrected chi connectivity index (χ3v) is 6.56. The van der Waals surface area contributed by atoms with Crippen LogP contribution in [0, 0.1) is 0 Å². The Bertz CT molecular complexity index is 1130. The second-order valence-corrected chi connectivity index (χ2v) is 9.53. The van der Waals surface area contributed by atoms with E-state index in [1.165, 1.54) is 6.21 Å². The van der Waals surface area contributed by atoms with E-state index in [-0.39, 0.29) is 0 Å². The minimum Gasteiger partial charge on any atom is -0.456 e. The summed E-state index contributed by atoms with van der Waals surface area (Å²) < 4.78 is 19.7. The molecule has 1 N–H and O–H groups in total. The number of hydrogen-bond donors (Lipinski definition) is 1. The van der Waals surface area contributed by atoms with Crippen LogP contribution in [0.25, 0.3) is 11.5 Å². The maximum Gasteiger partial charge on any atom is 0.235 e. The van der Waals surface area contributed by atoms with Gasteiger partial charge in [0.25, 0.3) is 0 Å². The van der Waals surface area contributed by atoms with Gasteiger partial charge in [-0.1, -0.05) is 89.9 Å². The Morgan fingerprint density at radius 1 is 0.833 bits per heavy atom. The first-order chi connectivity index (χ1) is 14.5. The molecule has 0 bridgehead atoms. The van der Waals surface area contributed by atoms with E-state index in [0.717, 1.165) is 11.1 Å². The lowest BCUT2D eigenvalue weighted by Crippen LogP contribution is -2.06. The molecule has 3 aromatic rings. The Morgan fingerprint density at radius 2 is 1.40 bits per heavy atom. The molecule has 150 valence electrons. The molecule has 30 heavy (non-hydrogen) atoms. The van der Waals surface area contributed by atoms with Crippen LogP contribution in [0.2, 0.25) is 10.0 Å². The van der Waals surface area contributed by atoms with Crippen LogP contribution in [0.15, 0.2) is 95.6 Å². The fourth-order valence-electron chi connectivity index (χ4n) is 2.88. The summed E-state index contributed by atoms with van der Waals surface area (Å²) in [6, 6.07) is 24.1. The van der Waals surface area contributed by atoms with Crippen molar-refractivity contribution in [3.63, 3.8) is 0 Å². The maximum atomic E-state index is 13.6. The third-order valence-electron chi connectivity index (χ3n) is 4.33. The summed E-state index contributed by atoms with van der Waals surface area (Å²) in [6.45, 7) is 0. The highest BCUT2D eigenvalue weighted by Gasteiger charge is 2.26. The molecule has 0 atom stereocenters. The molecule has 0 spiro atoms. The largest absolute Gasteiger partial charge is 0.456 e. The Labute approximate surface area is 184 Å². The maximum absolute atomic E-state index is 13.6. The molecule has 0 saturated heterocycles. The zero-order chi connectivity index (χ0) is 21.0. The fraction of sp³-hybridized carbons (Fsp3) is 0. The standard InChI is InChI=1S/C23H17Cl2N2O2P/c24-20-12-11-19(21(25)13-20)14-26-27-30(28)15-22(17-7-3-1-4-8-17)29-23(16-30)18-9-5-2-6-10-18/h1-16H,(H,27,28)/b26-14-. The number of ether oxygens (including phenoxy) is 1. The highest BCUT2D eigenvalue weighted by molar-refractivity contribution is 7.68. The molecule has 1 aliphatic heterocycles. The van der Waals surface area contributed by atoms with E-state index < -0.39 is 7.29 Å². The van der Waals surface area contributed by atoms with E-state index in [9.17, 15) is 4.57 Å². The van der Waals surface area contributed by atoms with Crippen LogP contribution in [0.4, 0.5) is 0 Å². The minimum absolute atomic E-state index is 0.458. The van der Waals surface area contributed by atoms with Crippen LogP contribution in [0.5, 0.6) is 0 Å². The molecule has 3 aromatic carbocycles. The summed E-state index contributed by atoms with van der Waals surface area (Å²) in [7, 11) is -3.18. The zero-order valence-corrected chi connectivity index (χ0v) is 18.1. The van der Waals surface area contributed by atoms with E-state index in [1.54, 1.807) is 29.8 Å². The molecule has 1 aliphatic rings. The lowest BCUT2D eigenvalue weighted by atomic mass is 10.2. The van der Waals surface area contributed by atoms with E-state index in [2.05, 4.69) is 10.3 Å². The van der Waals surface area contributed by atoms with E-state index >= 15 is 0 Å². The Balaban J connectivity index is 1.67. The van der Waals surface area contributed by atoms with E-state index in [0.29, 0.717) is 27.1 Å². The van der Waals surface area contributed by atoms with Crippen molar-refractivity contribution in [3.05, 3.63) is 117 Å². The number of nitrogens with zero attached hydrogens (tertiary/aromatic N) is 1. The molecule has 0 unspecified atom stereocenters. The van der Waals surface area contributed by atoms with Crippen molar-refractivity contribution in [1.29, 1.82) is 0 Å².